The van der Waals surface area contributed by atoms with Crippen LogP contribution in [-0.4, -0.2) is 29.2 Å². The van der Waals surface area contributed by atoms with Crippen LogP contribution in [0.15, 0.2) is 48.5 Å². The molecular weight excluding hydrogens is 375 g/mol. The molecule has 0 aromatic heterocycles. The molecule has 0 atom stereocenters. The number of unbranched alkanes of at least 4 members (excludes halogenated alkanes) is 2. The number of hydrogen-bond acceptors (Lipinski definition) is 2. The van der Waals surface area contributed by atoms with Gasteiger partial charge in [-0.1, -0.05) is 0 Å². The van der Waals surface area contributed by atoms with E-state index in [-0.39, 0.29) is 0 Å². The predicted octanol–water partition coefficient (Wildman–Crippen LogP) is 5.59. The molecule has 0 aliphatic heterocycles. The van der Waals surface area contributed by atoms with E-state index in [1.54, 1.807) is 14.2 Å². The van der Waals surface area contributed by atoms with Gasteiger partial charge in [0.15, 0.2) is 0 Å². The van der Waals surface area contributed by atoms with E-state index < -0.39 is 0 Å². The Kier molecular flexibility index (Phi) is 9.54. The van der Waals surface area contributed by atoms with Crippen molar-refractivity contribution in [1.29, 1.82) is 0 Å². The zero-order chi connectivity index (χ0) is 17.7. The maximum atomic E-state index is 5.19. The summed E-state index contributed by atoms with van der Waals surface area (Å²) in [6, 6.07) is 17.0. The summed E-state index contributed by atoms with van der Waals surface area (Å²) in [6.07, 6.45) is 7.73. The average Bonchev–Trinajstić information content (AvgIpc) is 2.67. The molecule has 0 heterocycles. The van der Waals surface area contributed by atoms with Gasteiger partial charge in [0.25, 0.3) is 0 Å². The first-order valence-electron chi connectivity index (χ1n) is 9.15. The molecule has 0 unspecified atom stereocenters. The van der Waals surface area contributed by atoms with Crippen molar-refractivity contribution in [2.24, 2.45) is 0 Å². The maximum absolute atomic E-state index is 5.19. The van der Waals surface area contributed by atoms with Crippen LogP contribution in [-0.2, 0) is 12.8 Å². The van der Waals surface area contributed by atoms with Crippen LogP contribution in [0.2, 0.25) is 10.6 Å². The van der Waals surface area contributed by atoms with Gasteiger partial charge in [0.1, 0.15) is 0 Å². The summed E-state index contributed by atoms with van der Waals surface area (Å²) in [5.74, 6) is 1.89. The molecule has 2 rings (SSSR count). The molecule has 25 heavy (non-hydrogen) atoms. The third-order valence-electron chi connectivity index (χ3n) is 4.33. The van der Waals surface area contributed by atoms with Gasteiger partial charge in [-0.05, 0) is 0 Å². The van der Waals surface area contributed by atoms with Crippen LogP contribution in [0.5, 0.6) is 11.5 Å². The number of benzene rings is 2. The van der Waals surface area contributed by atoms with Crippen LogP contribution in [0.25, 0.3) is 0 Å². The molecule has 2 aromatic carbocycles. The molecule has 0 saturated heterocycles. The van der Waals surface area contributed by atoms with Crippen molar-refractivity contribution in [1.82, 2.24) is 0 Å². The molecular formula is C22H30O2Se. The molecule has 0 aliphatic rings. The van der Waals surface area contributed by atoms with Crippen molar-refractivity contribution in [3.8, 4) is 11.5 Å². The van der Waals surface area contributed by atoms with Gasteiger partial charge in [0.2, 0.25) is 0 Å². The minimum atomic E-state index is 0.819. The summed E-state index contributed by atoms with van der Waals surface area (Å²) in [4.78, 5) is 0. The molecule has 0 spiro atoms. The Morgan fingerprint density at radius 1 is 0.600 bits per heavy atom. The Labute approximate surface area is 159 Å². The Balaban J connectivity index is 1.45. The van der Waals surface area contributed by atoms with Crippen LogP contribution in [0.4, 0.5) is 0 Å². The van der Waals surface area contributed by atoms with E-state index in [2.05, 4.69) is 48.5 Å². The number of hydrogen-bond donors (Lipinski definition) is 0. The van der Waals surface area contributed by atoms with E-state index in [1.807, 2.05) is 0 Å². The molecule has 3 heteroatoms. The van der Waals surface area contributed by atoms with Crippen LogP contribution < -0.4 is 9.47 Å². The molecule has 0 aliphatic carbocycles. The molecule has 0 amide bonds. The topological polar surface area (TPSA) is 18.5 Å². The fourth-order valence-corrected chi connectivity index (χ4v) is 4.89. The Hall–Kier alpha value is -1.44. The van der Waals surface area contributed by atoms with Gasteiger partial charge in [0, 0.05) is 0 Å². The molecule has 0 saturated carbocycles. The molecule has 2 nitrogen and oxygen atoms in total. The summed E-state index contributed by atoms with van der Waals surface area (Å²) in [7, 11) is 3.43. The van der Waals surface area contributed by atoms with Gasteiger partial charge in [-0.2, -0.15) is 0 Å². The van der Waals surface area contributed by atoms with Crippen molar-refractivity contribution >= 4 is 15.0 Å². The quantitative estimate of drug-likeness (QED) is 0.339. The summed E-state index contributed by atoms with van der Waals surface area (Å²) in [6.45, 7) is 0. The molecule has 2 aromatic rings. The fraction of sp³-hybridized carbons (Fsp3) is 0.455. The zero-order valence-corrected chi connectivity index (χ0v) is 17.2. The van der Waals surface area contributed by atoms with E-state index >= 15 is 0 Å². The van der Waals surface area contributed by atoms with Crippen LogP contribution >= 0.6 is 0 Å². The number of ether oxygens (including phenoxy) is 2. The van der Waals surface area contributed by atoms with Crippen molar-refractivity contribution in [2.45, 2.75) is 49.2 Å². The van der Waals surface area contributed by atoms with E-state index in [0.717, 1.165) is 26.5 Å². The predicted molar refractivity (Wildman–Crippen MR) is 107 cm³/mol. The molecule has 0 fully saturated rings. The Bertz CT molecular complexity index is 524. The first kappa shape index (κ1) is 19.9. The first-order valence-corrected chi connectivity index (χ1v) is 11.6. The summed E-state index contributed by atoms with van der Waals surface area (Å²) >= 11 is 0.819. The van der Waals surface area contributed by atoms with Gasteiger partial charge in [-0.15, -0.1) is 0 Å². The number of methoxy groups -OCH3 is 2. The Morgan fingerprint density at radius 2 is 1.00 bits per heavy atom. The number of rotatable bonds is 12. The van der Waals surface area contributed by atoms with Gasteiger partial charge in [0.05, 0.1) is 0 Å². The monoisotopic (exact) mass is 406 g/mol. The van der Waals surface area contributed by atoms with Crippen LogP contribution in [0.1, 0.15) is 36.8 Å². The van der Waals surface area contributed by atoms with E-state index in [4.69, 9.17) is 9.47 Å². The average molecular weight is 405 g/mol. The third-order valence-corrected chi connectivity index (χ3v) is 6.75. The van der Waals surface area contributed by atoms with Gasteiger partial charge in [-0.25, -0.2) is 0 Å². The third kappa shape index (κ3) is 7.98. The van der Waals surface area contributed by atoms with E-state index in [9.17, 15) is 0 Å². The number of aryl methyl sites for hydroxylation is 2. The standard InChI is InChI=1S/C22H30O2Se/c1-23-21-13-9-19(10-14-21)7-3-5-17-25-18-6-4-8-20-11-15-22(24-2)16-12-20/h9-16H,3-8,17-18H2,1-2H3. The van der Waals surface area contributed by atoms with Crippen molar-refractivity contribution in [2.75, 3.05) is 14.2 Å². The summed E-state index contributed by atoms with van der Waals surface area (Å²) < 4.78 is 10.4. The van der Waals surface area contributed by atoms with Crippen molar-refractivity contribution < 1.29 is 9.47 Å². The first-order chi connectivity index (χ1) is 12.3. The molecule has 0 N–H and O–H groups in total. The van der Waals surface area contributed by atoms with E-state index in [0.29, 0.717) is 0 Å². The summed E-state index contributed by atoms with van der Waals surface area (Å²) in [5.41, 5.74) is 2.85. The Morgan fingerprint density at radius 3 is 1.36 bits per heavy atom. The van der Waals surface area contributed by atoms with Gasteiger partial charge < -0.3 is 0 Å². The van der Waals surface area contributed by atoms with E-state index in [1.165, 1.54) is 60.3 Å². The molecule has 0 radical (unpaired) electrons. The van der Waals surface area contributed by atoms with Crippen LogP contribution in [0.3, 0.4) is 0 Å². The normalized spacial score (nSPS) is 10.6. The molecule has 136 valence electrons. The minimum absolute atomic E-state index is 0.819. The van der Waals surface area contributed by atoms with Crippen LogP contribution in [0, 0.1) is 0 Å². The van der Waals surface area contributed by atoms with Crippen molar-refractivity contribution in [3.63, 3.8) is 0 Å². The SMILES string of the molecule is COc1ccc(CCCC[Se]CCCCc2ccc(OC)cc2)cc1. The van der Waals surface area contributed by atoms with Crippen molar-refractivity contribution in [3.05, 3.63) is 59.7 Å². The van der Waals surface area contributed by atoms with Gasteiger partial charge in [-0.3, -0.25) is 0 Å². The second kappa shape index (κ2) is 12.0. The summed E-state index contributed by atoms with van der Waals surface area (Å²) in [5, 5.41) is 2.84. The zero-order valence-electron chi connectivity index (χ0n) is 15.5. The molecule has 0 bridgehead atoms. The second-order valence-corrected chi connectivity index (χ2v) is 8.79. The van der Waals surface area contributed by atoms with Gasteiger partial charge >= 0.3 is 159 Å². The second-order valence-electron chi connectivity index (χ2n) is 6.22. The fourth-order valence-electron chi connectivity index (χ4n) is 2.75.